The van der Waals surface area contributed by atoms with E-state index >= 15 is 0 Å². The summed E-state index contributed by atoms with van der Waals surface area (Å²) in [4.78, 5) is 13.7. The second-order valence-electron chi connectivity index (χ2n) is 4.70. The van der Waals surface area contributed by atoms with Crippen molar-refractivity contribution in [2.75, 3.05) is 39.1 Å². The van der Waals surface area contributed by atoms with E-state index in [2.05, 4.69) is 4.72 Å². The van der Waals surface area contributed by atoms with Gasteiger partial charge >= 0.3 is 0 Å². The number of carbonyl (C=O) groups is 1. The van der Waals surface area contributed by atoms with Crippen LogP contribution in [-0.2, 0) is 19.6 Å². The van der Waals surface area contributed by atoms with Gasteiger partial charge in [-0.1, -0.05) is 0 Å². The number of hydrogen-bond acceptors (Lipinski definition) is 5. The first-order valence-corrected chi connectivity index (χ1v) is 8.35. The molecule has 112 valence electrons. The van der Waals surface area contributed by atoms with E-state index in [0.717, 1.165) is 25.5 Å². The molecule has 1 atom stereocenters. The van der Waals surface area contributed by atoms with Crippen molar-refractivity contribution < 1.29 is 17.9 Å². The van der Waals surface area contributed by atoms with Gasteiger partial charge in [0, 0.05) is 25.7 Å². The molecule has 1 aliphatic heterocycles. The summed E-state index contributed by atoms with van der Waals surface area (Å²) in [7, 11) is -3.23. The number of likely N-dealkylation sites (tertiary alicyclic amines) is 1. The lowest BCUT2D eigenvalue weighted by atomic mass is 10.0. The molecule has 1 amide bonds. The third-order valence-electron chi connectivity index (χ3n) is 3.02. The van der Waals surface area contributed by atoms with Gasteiger partial charge in [-0.3, -0.25) is 4.79 Å². The molecular formula is C11H23N3O4S. The highest BCUT2D eigenvalue weighted by atomic mass is 32.2. The maximum atomic E-state index is 12.0. The molecule has 7 nitrogen and oxygen atoms in total. The Labute approximate surface area is 114 Å². The summed E-state index contributed by atoms with van der Waals surface area (Å²) in [6.45, 7) is 1.66. The summed E-state index contributed by atoms with van der Waals surface area (Å²) in [6, 6.07) is -0.0857. The van der Waals surface area contributed by atoms with Crippen LogP contribution in [0.25, 0.3) is 0 Å². The van der Waals surface area contributed by atoms with E-state index in [9.17, 15) is 13.2 Å². The molecule has 0 radical (unpaired) electrons. The molecule has 0 aromatic rings. The van der Waals surface area contributed by atoms with Crippen molar-refractivity contribution in [1.29, 1.82) is 0 Å². The predicted molar refractivity (Wildman–Crippen MR) is 72.1 cm³/mol. The lowest BCUT2D eigenvalue weighted by Gasteiger charge is -2.35. The molecule has 3 N–H and O–H groups in total. The van der Waals surface area contributed by atoms with Gasteiger partial charge < -0.3 is 15.4 Å². The Kier molecular flexibility index (Phi) is 6.70. The first kappa shape index (κ1) is 16.4. The SMILES string of the molecule is CS(=O)(=O)NCC1CCCCN1C(=O)COCCN. The minimum atomic E-state index is -3.23. The predicted octanol–water partition coefficient (Wildman–Crippen LogP) is -1.11. The van der Waals surface area contributed by atoms with Gasteiger partial charge in [-0.25, -0.2) is 13.1 Å². The molecule has 0 saturated carbocycles. The van der Waals surface area contributed by atoms with Crippen LogP contribution in [0.5, 0.6) is 0 Å². The van der Waals surface area contributed by atoms with Gasteiger partial charge in [0.15, 0.2) is 0 Å². The number of nitrogens with one attached hydrogen (secondary N) is 1. The monoisotopic (exact) mass is 293 g/mol. The number of hydrogen-bond donors (Lipinski definition) is 2. The van der Waals surface area contributed by atoms with Crippen LogP contribution in [0.1, 0.15) is 19.3 Å². The Morgan fingerprint density at radius 1 is 1.47 bits per heavy atom. The molecule has 0 spiro atoms. The molecule has 1 rings (SSSR count). The van der Waals surface area contributed by atoms with Crippen molar-refractivity contribution in [3.63, 3.8) is 0 Å². The quantitative estimate of drug-likeness (QED) is 0.580. The maximum Gasteiger partial charge on any atom is 0.248 e. The highest BCUT2D eigenvalue weighted by molar-refractivity contribution is 7.88. The van der Waals surface area contributed by atoms with Crippen molar-refractivity contribution in [2.24, 2.45) is 5.73 Å². The largest absolute Gasteiger partial charge is 0.370 e. The summed E-state index contributed by atoms with van der Waals surface area (Å²) in [5.74, 6) is -0.103. The van der Waals surface area contributed by atoms with Crippen molar-refractivity contribution >= 4 is 15.9 Å². The fourth-order valence-electron chi connectivity index (χ4n) is 2.11. The molecule has 1 fully saturated rings. The van der Waals surface area contributed by atoms with Crippen LogP contribution in [0, 0.1) is 0 Å². The average Bonchev–Trinajstić information content (AvgIpc) is 2.36. The molecule has 1 aliphatic rings. The molecule has 1 unspecified atom stereocenters. The fourth-order valence-corrected chi connectivity index (χ4v) is 2.61. The van der Waals surface area contributed by atoms with Crippen LogP contribution >= 0.6 is 0 Å². The number of sulfonamides is 1. The molecule has 0 aromatic carbocycles. The van der Waals surface area contributed by atoms with Crippen molar-refractivity contribution in [2.45, 2.75) is 25.3 Å². The Balaban J connectivity index is 2.49. The van der Waals surface area contributed by atoms with Crippen LogP contribution in [0.4, 0.5) is 0 Å². The van der Waals surface area contributed by atoms with E-state index in [-0.39, 0.29) is 25.1 Å². The number of carbonyl (C=O) groups excluding carboxylic acids is 1. The highest BCUT2D eigenvalue weighted by Crippen LogP contribution is 2.16. The van der Waals surface area contributed by atoms with E-state index in [1.807, 2.05) is 0 Å². The summed E-state index contributed by atoms with van der Waals surface area (Å²) in [6.07, 6.45) is 3.87. The zero-order valence-corrected chi connectivity index (χ0v) is 12.1. The van der Waals surface area contributed by atoms with Gasteiger partial charge in [0.25, 0.3) is 0 Å². The second-order valence-corrected chi connectivity index (χ2v) is 6.53. The number of piperidine rings is 1. The van der Waals surface area contributed by atoms with Gasteiger partial charge in [0.05, 0.1) is 12.9 Å². The number of nitrogens with zero attached hydrogens (tertiary/aromatic N) is 1. The van der Waals surface area contributed by atoms with Crippen molar-refractivity contribution in [1.82, 2.24) is 9.62 Å². The molecule has 8 heteroatoms. The number of amides is 1. The first-order valence-electron chi connectivity index (χ1n) is 6.46. The molecule has 0 bridgehead atoms. The summed E-state index contributed by atoms with van der Waals surface area (Å²) in [5, 5.41) is 0. The number of ether oxygens (including phenoxy) is 1. The van der Waals surface area contributed by atoms with Crippen molar-refractivity contribution in [3.8, 4) is 0 Å². The Hall–Kier alpha value is -0.700. The van der Waals surface area contributed by atoms with Crippen LogP contribution in [0.15, 0.2) is 0 Å². The molecule has 1 heterocycles. The van der Waals surface area contributed by atoms with Gasteiger partial charge in [0.2, 0.25) is 15.9 Å². The Morgan fingerprint density at radius 3 is 2.84 bits per heavy atom. The van der Waals surface area contributed by atoms with Crippen LogP contribution in [-0.4, -0.2) is 64.4 Å². The molecular weight excluding hydrogens is 270 g/mol. The summed E-state index contributed by atoms with van der Waals surface area (Å²) >= 11 is 0. The third kappa shape index (κ3) is 6.33. The van der Waals surface area contributed by atoms with Crippen LogP contribution < -0.4 is 10.5 Å². The van der Waals surface area contributed by atoms with E-state index < -0.39 is 10.0 Å². The molecule has 1 saturated heterocycles. The minimum Gasteiger partial charge on any atom is -0.370 e. The van der Waals surface area contributed by atoms with Gasteiger partial charge in [0.1, 0.15) is 6.61 Å². The number of rotatable bonds is 7. The molecule has 0 aromatic heterocycles. The van der Waals surface area contributed by atoms with Crippen LogP contribution in [0.3, 0.4) is 0 Å². The normalized spacial score (nSPS) is 20.5. The first-order chi connectivity index (χ1) is 8.94. The highest BCUT2D eigenvalue weighted by Gasteiger charge is 2.27. The van der Waals surface area contributed by atoms with E-state index in [1.165, 1.54) is 0 Å². The topological polar surface area (TPSA) is 102 Å². The van der Waals surface area contributed by atoms with E-state index in [0.29, 0.717) is 19.7 Å². The maximum absolute atomic E-state index is 12.0. The zero-order valence-electron chi connectivity index (χ0n) is 11.3. The Bertz CT molecular complexity index is 385. The van der Waals surface area contributed by atoms with Gasteiger partial charge in [-0.15, -0.1) is 0 Å². The smallest absolute Gasteiger partial charge is 0.248 e. The molecule has 0 aliphatic carbocycles. The van der Waals surface area contributed by atoms with Crippen molar-refractivity contribution in [3.05, 3.63) is 0 Å². The van der Waals surface area contributed by atoms with Gasteiger partial charge in [-0.05, 0) is 19.3 Å². The Morgan fingerprint density at radius 2 is 2.21 bits per heavy atom. The average molecular weight is 293 g/mol. The summed E-state index contributed by atoms with van der Waals surface area (Å²) in [5.41, 5.74) is 5.29. The van der Waals surface area contributed by atoms with Crippen LogP contribution in [0.2, 0.25) is 0 Å². The molecule has 19 heavy (non-hydrogen) atoms. The lowest BCUT2D eigenvalue weighted by molar-refractivity contribution is -0.139. The van der Waals surface area contributed by atoms with E-state index in [4.69, 9.17) is 10.5 Å². The lowest BCUT2D eigenvalue weighted by Crippen LogP contribution is -2.50. The standard InChI is InChI=1S/C11H23N3O4S/c1-19(16,17)13-8-10-4-2-3-6-14(10)11(15)9-18-7-5-12/h10,13H,2-9,12H2,1H3. The van der Waals surface area contributed by atoms with Gasteiger partial charge in [-0.2, -0.15) is 0 Å². The fraction of sp³-hybridized carbons (Fsp3) is 0.909. The zero-order chi connectivity index (χ0) is 14.3. The van der Waals surface area contributed by atoms with E-state index in [1.54, 1.807) is 4.90 Å². The third-order valence-corrected chi connectivity index (χ3v) is 3.71. The second kappa shape index (κ2) is 7.78. The summed E-state index contributed by atoms with van der Waals surface area (Å²) < 4.78 is 29.8. The number of nitrogens with two attached hydrogens (primary N) is 1. The minimum absolute atomic E-state index is 0.00652.